The number of ether oxygens (including phenoxy) is 1. The molecule has 0 aliphatic heterocycles. The standard InChI is InChI=1S/C20H20N2O5S/c1-5-9-21-28(25,26)17-8-6-7-15(11-17)19(23)22-16-10-13(2)14(3)18(12-16)20(24)27-4/h1,6-8,10-12,21H,9H2,2-4H3,(H,22,23). The van der Waals surface area contributed by atoms with Crippen molar-refractivity contribution in [2.24, 2.45) is 0 Å². The summed E-state index contributed by atoms with van der Waals surface area (Å²) in [5.41, 5.74) is 2.42. The largest absolute Gasteiger partial charge is 0.465 e. The second kappa shape index (κ2) is 8.69. The van der Waals surface area contributed by atoms with Crippen molar-refractivity contribution >= 4 is 27.6 Å². The van der Waals surface area contributed by atoms with E-state index in [2.05, 4.69) is 16.0 Å². The van der Waals surface area contributed by atoms with Gasteiger partial charge in [-0.15, -0.1) is 6.42 Å². The molecular weight excluding hydrogens is 380 g/mol. The Bertz CT molecular complexity index is 1070. The molecular formula is C20H20N2O5S. The predicted octanol–water partition coefficient (Wildman–Crippen LogP) is 2.25. The Labute approximate surface area is 164 Å². The average molecular weight is 400 g/mol. The summed E-state index contributed by atoms with van der Waals surface area (Å²) in [5.74, 6) is 1.16. The van der Waals surface area contributed by atoms with E-state index in [4.69, 9.17) is 11.2 Å². The summed E-state index contributed by atoms with van der Waals surface area (Å²) >= 11 is 0. The predicted molar refractivity (Wildman–Crippen MR) is 106 cm³/mol. The number of rotatable bonds is 6. The maximum absolute atomic E-state index is 12.6. The molecule has 0 radical (unpaired) electrons. The summed E-state index contributed by atoms with van der Waals surface area (Å²) in [5, 5.41) is 2.67. The lowest BCUT2D eigenvalue weighted by molar-refractivity contribution is 0.0599. The molecule has 0 spiro atoms. The quantitative estimate of drug-likeness (QED) is 0.572. The van der Waals surface area contributed by atoms with Crippen molar-refractivity contribution in [1.29, 1.82) is 0 Å². The Hall–Kier alpha value is -3.15. The topological polar surface area (TPSA) is 102 Å². The van der Waals surface area contributed by atoms with Gasteiger partial charge in [0.1, 0.15) is 0 Å². The molecule has 0 aliphatic rings. The lowest BCUT2D eigenvalue weighted by Gasteiger charge is -2.12. The van der Waals surface area contributed by atoms with Gasteiger partial charge in [-0.1, -0.05) is 12.0 Å². The fraction of sp³-hybridized carbons (Fsp3) is 0.200. The van der Waals surface area contributed by atoms with Gasteiger partial charge in [-0.2, -0.15) is 4.72 Å². The van der Waals surface area contributed by atoms with E-state index in [1.54, 1.807) is 13.0 Å². The third kappa shape index (κ3) is 4.76. The van der Waals surface area contributed by atoms with Crippen LogP contribution < -0.4 is 10.0 Å². The first-order valence-corrected chi connectivity index (χ1v) is 9.72. The van der Waals surface area contributed by atoms with Crippen LogP contribution in [0.5, 0.6) is 0 Å². The van der Waals surface area contributed by atoms with Gasteiger partial charge in [0.15, 0.2) is 0 Å². The lowest BCUT2D eigenvalue weighted by atomic mass is 10.0. The molecule has 0 aliphatic carbocycles. The van der Waals surface area contributed by atoms with E-state index in [1.165, 1.54) is 37.4 Å². The van der Waals surface area contributed by atoms with Gasteiger partial charge >= 0.3 is 5.97 Å². The number of benzene rings is 2. The Balaban J connectivity index is 2.32. The molecule has 0 fully saturated rings. The number of methoxy groups -OCH3 is 1. The summed E-state index contributed by atoms with van der Waals surface area (Å²) < 4.78 is 31.3. The fourth-order valence-corrected chi connectivity index (χ4v) is 3.46. The first kappa shape index (κ1) is 21.2. The number of hydrogen-bond donors (Lipinski definition) is 2. The van der Waals surface area contributed by atoms with Crippen molar-refractivity contribution in [3.63, 3.8) is 0 Å². The first-order valence-electron chi connectivity index (χ1n) is 8.23. The van der Waals surface area contributed by atoms with Crippen LogP contribution in [0.2, 0.25) is 0 Å². The summed E-state index contributed by atoms with van der Waals surface area (Å²) in [4.78, 5) is 24.4. The number of terminal acetylenes is 1. The minimum Gasteiger partial charge on any atom is -0.465 e. The van der Waals surface area contributed by atoms with Crippen LogP contribution in [-0.2, 0) is 14.8 Å². The Morgan fingerprint density at radius 1 is 1.18 bits per heavy atom. The molecule has 8 heteroatoms. The van der Waals surface area contributed by atoms with E-state index < -0.39 is 21.9 Å². The van der Waals surface area contributed by atoms with Gasteiger partial charge < -0.3 is 10.1 Å². The second-order valence-corrected chi connectivity index (χ2v) is 7.73. The van der Waals surface area contributed by atoms with Crippen LogP contribution in [0.4, 0.5) is 5.69 Å². The molecule has 0 heterocycles. The van der Waals surface area contributed by atoms with Crippen LogP contribution >= 0.6 is 0 Å². The third-order valence-corrected chi connectivity index (χ3v) is 5.50. The zero-order valence-corrected chi connectivity index (χ0v) is 16.5. The van der Waals surface area contributed by atoms with Crippen molar-refractivity contribution in [3.8, 4) is 12.3 Å². The summed E-state index contributed by atoms with van der Waals surface area (Å²) in [6.07, 6.45) is 5.07. The lowest BCUT2D eigenvalue weighted by Crippen LogP contribution is -2.24. The first-order chi connectivity index (χ1) is 13.2. The van der Waals surface area contributed by atoms with Crippen LogP contribution in [0.1, 0.15) is 31.8 Å². The van der Waals surface area contributed by atoms with Crippen molar-refractivity contribution in [1.82, 2.24) is 4.72 Å². The molecule has 2 rings (SSSR count). The van der Waals surface area contributed by atoms with Crippen LogP contribution in [0.25, 0.3) is 0 Å². The Morgan fingerprint density at radius 3 is 2.54 bits per heavy atom. The van der Waals surface area contributed by atoms with Crippen molar-refractivity contribution in [3.05, 3.63) is 58.7 Å². The molecule has 2 aromatic rings. The van der Waals surface area contributed by atoms with Gasteiger partial charge in [0.05, 0.1) is 24.1 Å². The minimum absolute atomic E-state index is 0.0780. The zero-order valence-electron chi connectivity index (χ0n) is 15.7. The molecule has 0 bridgehead atoms. The van der Waals surface area contributed by atoms with Crippen molar-refractivity contribution in [2.75, 3.05) is 19.0 Å². The zero-order chi connectivity index (χ0) is 20.9. The summed E-state index contributed by atoms with van der Waals surface area (Å²) in [6, 6.07) is 8.78. The number of aryl methyl sites for hydroxylation is 1. The van der Waals surface area contributed by atoms with Crippen LogP contribution in [-0.4, -0.2) is 33.9 Å². The number of sulfonamides is 1. The minimum atomic E-state index is -3.82. The molecule has 1 amide bonds. The molecule has 2 N–H and O–H groups in total. The van der Waals surface area contributed by atoms with Crippen LogP contribution in [0.15, 0.2) is 41.3 Å². The maximum Gasteiger partial charge on any atom is 0.338 e. The molecule has 0 saturated carbocycles. The van der Waals surface area contributed by atoms with Gasteiger partial charge in [-0.25, -0.2) is 13.2 Å². The molecule has 0 aromatic heterocycles. The van der Waals surface area contributed by atoms with E-state index in [0.29, 0.717) is 11.3 Å². The van der Waals surface area contributed by atoms with E-state index in [1.807, 2.05) is 6.92 Å². The van der Waals surface area contributed by atoms with Crippen LogP contribution in [0.3, 0.4) is 0 Å². The highest BCUT2D eigenvalue weighted by molar-refractivity contribution is 7.89. The van der Waals surface area contributed by atoms with Crippen molar-refractivity contribution in [2.45, 2.75) is 18.7 Å². The highest BCUT2D eigenvalue weighted by Crippen LogP contribution is 2.22. The van der Waals surface area contributed by atoms with E-state index in [0.717, 1.165) is 11.1 Å². The Morgan fingerprint density at radius 2 is 1.89 bits per heavy atom. The SMILES string of the molecule is C#CCNS(=O)(=O)c1cccc(C(=O)Nc2cc(C)c(C)c(C(=O)OC)c2)c1. The summed E-state index contributed by atoms with van der Waals surface area (Å²) in [6.45, 7) is 3.43. The molecule has 2 aromatic carbocycles. The van der Waals surface area contributed by atoms with E-state index in [-0.39, 0.29) is 17.0 Å². The van der Waals surface area contributed by atoms with Crippen molar-refractivity contribution < 1.29 is 22.7 Å². The van der Waals surface area contributed by atoms with Gasteiger partial charge in [0.2, 0.25) is 10.0 Å². The van der Waals surface area contributed by atoms with E-state index in [9.17, 15) is 18.0 Å². The number of nitrogens with one attached hydrogen (secondary N) is 2. The third-order valence-electron chi connectivity index (χ3n) is 4.10. The highest BCUT2D eigenvalue weighted by Gasteiger charge is 2.17. The monoisotopic (exact) mass is 400 g/mol. The Kier molecular flexibility index (Phi) is 6.57. The number of anilines is 1. The number of esters is 1. The smallest absolute Gasteiger partial charge is 0.338 e. The maximum atomic E-state index is 12.6. The molecule has 7 nitrogen and oxygen atoms in total. The molecule has 0 atom stereocenters. The van der Waals surface area contributed by atoms with Gasteiger partial charge in [0, 0.05) is 11.3 Å². The van der Waals surface area contributed by atoms with Crippen LogP contribution in [0, 0.1) is 26.2 Å². The number of carbonyl (C=O) groups excluding carboxylic acids is 2. The molecule has 0 saturated heterocycles. The van der Waals surface area contributed by atoms with Gasteiger partial charge in [-0.05, 0) is 55.3 Å². The number of carbonyl (C=O) groups is 2. The van der Waals surface area contributed by atoms with Gasteiger partial charge in [0.25, 0.3) is 5.91 Å². The molecule has 146 valence electrons. The normalized spacial score (nSPS) is 10.8. The number of amides is 1. The average Bonchev–Trinajstić information content (AvgIpc) is 2.68. The fourth-order valence-electron chi connectivity index (χ4n) is 2.48. The second-order valence-electron chi connectivity index (χ2n) is 5.97. The summed E-state index contributed by atoms with van der Waals surface area (Å²) in [7, 11) is -2.54. The highest BCUT2D eigenvalue weighted by atomic mass is 32.2. The van der Waals surface area contributed by atoms with Gasteiger partial charge in [-0.3, -0.25) is 4.79 Å². The molecule has 0 unspecified atom stereocenters. The van der Waals surface area contributed by atoms with E-state index >= 15 is 0 Å². The number of hydrogen-bond acceptors (Lipinski definition) is 5. The molecule has 28 heavy (non-hydrogen) atoms.